The predicted octanol–water partition coefficient (Wildman–Crippen LogP) is 12.1. The van der Waals surface area contributed by atoms with Crippen LogP contribution >= 0.6 is 0 Å². The highest BCUT2D eigenvalue weighted by Gasteiger charge is 2.71. The van der Waals surface area contributed by atoms with Gasteiger partial charge in [-0.2, -0.15) is 52.7 Å². The van der Waals surface area contributed by atoms with Gasteiger partial charge in [-0.05, 0) is 168 Å². The number of aliphatic hydroxyl groups excluding tert-OH is 2. The van der Waals surface area contributed by atoms with Crippen LogP contribution in [0.3, 0.4) is 0 Å². The molecule has 4 aliphatic rings. The van der Waals surface area contributed by atoms with Gasteiger partial charge in [0.25, 0.3) is 5.60 Å². The van der Waals surface area contributed by atoms with Gasteiger partial charge in [-0.25, -0.2) is 0 Å². The highest BCUT2D eigenvalue weighted by Crippen LogP contribution is 2.64. The topological polar surface area (TPSA) is 121 Å². The molecular formula is C48H74F12O6. The molecule has 0 saturated heterocycles. The molecule has 0 aromatic rings. The molecule has 0 bridgehead atoms. The van der Waals surface area contributed by atoms with Crippen LogP contribution in [0.2, 0.25) is 0 Å². The molecule has 4 saturated carbocycles. The van der Waals surface area contributed by atoms with E-state index in [4.69, 9.17) is 16.4 Å². The monoisotopic (exact) mass is 987 g/mol. The zero-order chi connectivity index (χ0) is 61.0. The SMILES string of the molecule is [2H]C([2H])([2H])C(O)(CCCC(C)(C/C=C\C(O)(C(F)(F)F)C(F)(F)F)[C@H]1CCC2[C@@H](O)CCC[C@@]21C)C([2H])([2H])[2H].[2H]C([2H])([2H])C(O)(CCCC(C)(CC#CC(O)(C(F)(F)F)C(F)(F)F)[C@H]1CCC2[C@@H](O)CCC[C@@]21C)C([2H])([2H])[2H]. The Bertz CT molecular complexity index is 2060. The lowest BCUT2D eigenvalue weighted by molar-refractivity contribution is -0.347. The Morgan fingerprint density at radius 2 is 0.970 bits per heavy atom. The zero-order valence-corrected chi connectivity index (χ0v) is 37.6. The molecule has 386 valence electrons. The smallest absolute Gasteiger partial charge is 0.393 e. The summed E-state index contributed by atoms with van der Waals surface area (Å²) in [5, 5.41) is 61.4. The largest absolute Gasteiger partial charge is 0.438 e. The molecule has 0 aromatic carbocycles. The maximum absolute atomic E-state index is 13.2. The molecule has 0 heterocycles. The van der Waals surface area contributed by atoms with E-state index in [1.54, 1.807) is 13.8 Å². The van der Waals surface area contributed by atoms with E-state index < -0.39 is 128 Å². The number of aliphatic hydroxyl groups is 6. The first-order valence-corrected chi connectivity index (χ1v) is 22.2. The van der Waals surface area contributed by atoms with E-state index in [-0.39, 0.29) is 61.9 Å². The molecule has 0 aromatic heterocycles. The molecule has 0 aliphatic heterocycles. The summed E-state index contributed by atoms with van der Waals surface area (Å²) in [5.41, 5.74) is -19.8. The second-order valence-electron chi connectivity index (χ2n) is 20.7. The molecule has 6 N–H and O–H groups in total. The molecule has 0 amide bonds. The van der Waals surface area contributed by atoms with Gasteiger partial charge in [-0.3, -0.25) is 0 Å². The Hall–Kier alpha value is -1.78. The van der Waals surface area contributed by atoms with Gasteiger partial charge < -0.3 is 30.6 Å². The summed E-state index contributed by atoms with van der Waals surface area (Å²) >= 11 is 0. The third kappa shape index (κ3) is 12.9. The van der Waals surface area contributed by atoms with Crippen LogP contribution in [0.5, 0.6) is 0 Å². The Labute approximate surface area is 399 Å². The molecule has 4 unspecified atom stereocenters. The normalized spacial score (nSPS) is 34.7. The van der Waals surface area contributed by atoms with Crippen molar-refractivity contribution in [2.45, 2.75) is 230 Å². The van der Waals surface area contributed by atoms with E-state index in [0.717, 1.165) is 5.92 Å². The highest BCUT2D eigenvalue weighted by molar-refractivity contribution is 5.22. The Morgan fingerprint density at radius 1 is 0.576 bits per heavy atom. The summed E-state index contributed by atoms with van der Waals surface area (Å²) in [5.74, 6) is 1.86. The van der Waals surface area contributed by atoms with Gasteiger partial charge in [0.2, 0.25) is 0 Å². The molecule has 4 rings (SSSR count). The van der Waals surface area contributed by atoms with Crippen molar-refractivity contribution in [2.24, 2.45) is 45.3 Å². The third-order valence-electron chi connectivity index (χ3n) is 15.8. The molecule has 0 radical (unpaired) electrons. The number of fused-ring (bicyclic) bond motifs is 2. The molecule has 66 heavy (non-hydrogen) atoms. The molecule has 6 nitrogen and oxygen atoms in total. The second kappa shape index (κ2) is 20.1. The highest BCUT2D eigenvalue weighted by atomic mass is 19.4. The number of alkyl halides is 12. The van der Waals surface area contributed by atoms with E-state index in [1.807, 2.05) is 19.8 Å². The van der Waals surface area contributed by atoms with Gasteiger partial charge in [-0.1, -0.05) is 65.4 Å². The molecule has 10 atom stereocenters. The van der Waals surface area contributed by atoms with E-state index in [1.165, 1.54) is 0 Å². The Balaban J connectivity index is 0.000000410. The number of hydrogen-bond donors (Lipinski definition) is 6. The summed E-state index contributed by atoms with van der Waals surface area (Å²) in [6.07, 6.45) is -22.4. The van der Waals surface area contributed by atoms with Crippen LogP contribution in [0, 0.1) is 57.2 Å². The van der Waals surface area contributed by atoms with Gasteiger partial charge in [0, 0.05) is 22.9 Å². The Morgan fingerprint density at radius 3 is 1.35 bits per heavy atom. The minimum atomic E-state index is -6.12. The third-order valence-corrected chi connectivity index (χ3v) is 15.8. The van der Waals surface area contributed by atoms with Gasteiger partial charge in [0.1, 0.15) is 0 Å². The van der Waals surface area contributed by atoms with E-state index in [0.29, 0.717) is 70.3 Å². The summed E-state index contributed by atoms with van der Waals surface area (Å²) in [4.78, 5) is 0. The van der Waals surface area contributed by atoms with Crippen LogP contribution in [0.4, 0.5) is 52.7 Å². The van der Waals surface area contributed by atoms with Crippen LogP contribution in [-0.2, 0) is 0 Å². The van der Waals surface area contributed by atoms with Gasteiger partial charge >= 0.3 is 30.3 Å². The standard InChI is InChI=1S/C24H38F6O3.C24H36F6O3/c2*1-19(2,32)11-6-12-20(3,13-7-15-22(33,23(25,26)27)24(28,29)30)18-10-9-16-17(31)8-5-14-21(16,18)4/h7,15-18,31-33H,5-6,8-14H2,1-4H3;16-18,31-33H,5-6,8-14H2,1-4H3/b15-7-;/t2*16?,17-,18+,20?,21-/m00/s1/i2*1D3,2D3. The Kier molecular flexibility index (Phi) is 12.8. The molecular weight excluding hydrogens is 900 g/mol. The van der Waals surface area contributed by atoms with Crippen LogP contribution in [0.1, 0.15) is 187 Å². The van der Waals surface area contributed by atoms with Gasteiger partial charge in [0.15, 0.2) is 0 Å². The fourth-order valence-electron chi connectivity index (χ4n) is 12.4. The van der Waals surface area contributed by atoms with Crippen molar-refractivity contribution >= 4 is 0 Å². The summed E-state index contributed by atoms with van der Waals surface area (Å²) in [6.45, 7) is -6.12. The molecule has 18 heteroatoms. The number of rotatable bonds is 14. The van der Waals surface area contributed by atoms with Crippen LogP contribution in [0.15, 0.2) is 12.2 Å². The van der Waals surface area contributed by atoms with Crippen LogP contribution < -0.4 is 0 Å². The lowest BCUT2D eigenvalue weighted by atomic mass is 9.56. The maximum atomic E-state index is 13.2. The zero-order valence-electron chi connectivity index (χ0n) is 49.6. The quantitative estimate of drug-likeness (QED) is 0.0586. The molecule has 0 spiro atoms. The first-order chi connectivity index (χ1) is 34.5. The van der Waals surface area contributed by atoms with Crippen molar-refractivity contribution in [2.75, 3.05) is 0 Å². The van der Waals surface area contributed by atoms with Crippen molar-refractivity contribution in [3.8, 4) is 11.8 Å². The lowest BCUT2D eigenvalue weighted by Crippen LogP contribution is -2.55. The minimum absolute atomic E-state index is 0.0225. The molecule has 4 fully saturated rings. The minimum Gasteiger partial charge on any atom is -0.393 e. The van der Waals surface area contributed by atoms with E-state index >= 15 is 0 Å². The maximum Gasteiger partial charge on any atom is 0.438 e. The second-order valence-corrected chi connectivity index (χ2v) is 20.7. The summed E-state index contributed by atoms with van der Waals surface area (Å²) < 4.78 is 249. The fraction of sp³-hybridized carbons (Fsp3) is 0.917. The number of hydrogen-bond acceptors (Lipinski definition) is 6. The van der Waals surface area contributed by atoms with Crippen molar-refractivity contribution in [3.05, 3.63) is 12.2 Å². The lowest BCUT2D eigenvalue weighted by Gasteiger charge is -2.50. The van der Waals surface area contributed by atoms with Crippen LogP contribution in [-0.4, -0.2) is 90.0 Å². The fourth-order valence-corrected chi connectivity index (χ4v) is 12.4. The van der Waals surface area contributed by atoms with Crippen molar-refractivity contribution in [1.82, 2.24) is 0 Å². The van der Waals surface area contributed by atoms with Crippen molar-refractivity contribution in [1.29, 1.82) is 0 Å². The number of halogens is 12. The van der Waals surface area contributed by atoms with Gasteiger partial charge in [0.05, 0.1) is 23.4 Å². The van der Waals surface area contributed by atoms with Gasteiger partial charge in [-0.15, -0.1) is 0 Å². The first kappa shape index (κ1) is 42.0. The van der Waals surface area contributed by atoms with Crippen molar-refractivity contribution < 1.29 is 99.8 Å². The van der Waals surface area contributed by atoms with E-state index in [2.05, 4.69) is 0 Å². The van der Waals surface area contributed by atoms with Crippen LogP contribution in [0.25, 0.3) is 0 Å². The summed E-state index contributed by atoms with van der Waals surface area (Å²) in [6, 6.07) is 0. The average molecular weight is 987 g/mol. The van der Waals surface area contributed by atoms with Crippen molar-refractivity contribution in [3.63, 3.8) is 0 Å². The number of allylic oxidation sites excluding steroid dienone is 1. The predicted molar refractivity (Wildman–Crippen MR) is 225 cm³/mol. The average Bonchev–Trinajstić information content (AvgIpc) is 3.79. The summed E-state index contributed by atoms with van der Waals surface area (Å²) in [7, 11) is 0. The molecule has 4 aliphatic carbocycles. The first-order valence-electron chi connectivity index (χ1n) is 28.2. The van der Waals surface area contributed by atoms with E-state index in [9.17, 15) is 83.3 Å².